The Labute approximate surface area is 125 Å². The molecule has 0 amide bonds. The van der Waals surface area contributed by atoms with E-state index in [1.54, 1.807) is 0 Å². The van der Waals surface area contributed by atoms with Crippen LogP contribution in [-0.2, 0) is 6.61 Å². The molecule has 0 unspecified atom stereocenters. The summed E-state index contributed by atoms with van der Waals surface area (Å²) in [6, 6.07) is 7.13. The summed E-state index contributed by atoms with van der Waals surface area (Å²) in [5.41, 5.74) is 0.251. The molecule has 0 N–H and O–H groups in total. The highest BCUT2D eigenvalue weighted by Gasteiger charge is 2.06. The lowest BCUT2D eigenvalue weighted by Gasteiger charge is -2.08. The maximum absolute atomic E-state index is 13.7. The van der Waals surface area contributed by atoms with E-state index in [-0.39, 0.29) is 29.4 Å². The van der Waals surface area contributed by atoms with Crippen molar-refractivity contribution in [2.75, 3.05) is 5.88 Å². The Balaban J connectivity index is 2.10. The summed E-state index contributed by atoms with van der Waals surface area (Å²) in [4.78, 5) is 0. The third-order valence-corrected chi connectivity index (χ3v) is 2.77. The molecule has 0 aliphatic rings. The largest absolute Gasteiger partial charge is 0.489 e. The van der Waals surface area contributed by atoms with Crippen LogP contribution in [0.15, 0.2) is 36.4 Å². The van der Waals surface area contributed by atoms with Crippen molar-refractivity contribution in [3.05, 3.63) is 65.0 Å². The molecular formula is C16H10ClF3O. The molecule has 0 aliphatic carbocycles. The molecule has 2 aromatic carbocycles. The summed E-state index contributed by atoms with van der Waals surface area (Å²) in [6.07, 6.45) is 0. The summed E-state index contributed by atoms with van der Waals surface area (Å²) in [6.45, 7) is -0.199. The summed E-state index contributed by atoms with van der Waals surface area (Å²) >= 11 is 5.39. The fraction of sp³-hybridized carbons (Fsp3) is 0.125. The molecule has 2 aromatic rings. The van der Waals surface area contributed by atoms with Crippen LogP contribution in [-0.4, -0.2) is 5.88 Å². The second kappa shape index (κ2) is 7.05. The average molecular weight is 311 g/mol. The number of hydrogen-bond donors (Lipinski definition) is 0. The first kappa shape index (κ1) is 15.3. The van der Waals surface area contributed by atoms with E-state index in [9.17, 15) is 13.2 Å². The first-order valence-electron chi connectivity index (χ1n) is 6.01. The smallest absolute Gasteiger partial charge is 0.142 e. The zero-order valence-electron chi connectivity index (χ0n) is 10.8. The standard InChI is InChI=1S/C16H10ClF3O/c17-7-1-2-11-3-5-14(9-16(11)20)21-10-12-8-13(18)4-6-15(12)19/h3-6,8-9H,7,10H2. The van der Waals surface area contributed by atoms with Crippen molar-refractivity contribution in [1.82, 2.24) is 0 Å². The Kier molecular flexibility index (Phi) is 5.13. The Bertz CT molecular complexity index is 704. The topological polar surface area (TPSA) is 9.23 Å². The predicted molar refractivity (Wildman–Crippen MR) is 74.7 cm³/mol. The van der Waals surface area contributed by atoms with Gasteiger partial charge in [-0.1, -0.05) is 11.8 Å². The van der Waals surface area contributed by atoms with Gasteiger partial charge in [-0.15, -0.1) is 11.6 Å². The van der Waals surface area contributed by atoms with E-state index in [0.717, 1.165) is 24.3 Å². The van der Waals surface area contributed by atoms with E-state index in [4.69, 9.17) is 16.3 Å². The minimum atomic E-state index is -0.582. The maximum atomic E-state index is 13.7. The number of alkyl halides is 1. The maximum Gasteiger partial charge on any atom is 0.142 e. The number of halogens is 4. The van der Waals surface area contributed by atoms with Gasteiger partial charge in [-0.25, -0.2) is 13.2 Å². The van der Waals surface area contributed by atoms with E-state index in [2.05, 4.69) is 11.8 Å². The van der Waals surface area contributed by atoms with Gasteiger partial charge in [0.1, 0.15) is 29.8 Å². The first-order valence-corrected chi connectivity index (χ1v) is 6.54. The van der Waals surface area contributed by atoms with Crippen LogP contribution in [0.5, 0.6) is 5.75 Å². The van der Waals surface area contributed by atoms with E-state index in [1.165, 1.54) is 12.1 Å². The summed E-state index contributed by atoms with van der Waals surface area (Å²) in [7, 11) is 0. The summed E-state index contributed by atoms with van der Waals surface area (Å²) in [5, 5.41) is 0. The highest BCUT2D eigenvalue weighted by molar-refractivity contribution is 6.19. The highest BCUT2D eigenvalue weighted by atomic mass is 35.5. The quantitative estimate of drug-likeness (QED) is 0.607. The minimum Gasteiger partial charge on any atom is -0.489 e. The molecule has 0 aromatic heterocycles. The predicted octanol–water partition coefficient (Wildman–Crippen LogP) is 4.27. The molecule has 0 atom stereocenters. The van der Waals surface area contributed by atoms with Crippen LogP contribution in [0.25, 0.3) is 0 Å². The van der Waals surface area contributed by atoms with E-state index in [1.807, 2.05) is 0 Å². The molecule has 0 aliphatic heterocycles. The fourth-order valence-electron chi connectivity index (χ4n) is 1.63. The normalized spacial score (nSPS) is 9.90. The van der Waals surface area contributed by atoms with Crippen molar-refractivity contribution in [3.63, 3.8) is 0 Å². The van der Waals surface area contributed by atoms with E-state index >= 15 is 0 Å². The van der Waals surface area contributed by atoms with Crippen LogP contribution >= 0.6 is 11.6 Å². The van der Waals surface area contributed by atoms with Crippen molar-refractivity contribution < 1.29 is 17.9 Å². The van der Waals surface area contributed by atoms with Gasteiger partial charge in [-0.2, -0.15) is 0 Å². The van der Waals surface area contributed by atoms with Gasteiger partial charge < -0.3 is 4.74 Å². The van der Waals surface area contributed by atoms with Crippen LogP contribution in [0, 0.1) is 29.3 Å². The van der Waals surface area contributed by atoms with E-state index in [0.29, 0.717) is 0 Å². The molecule has 1 nitrogen and oxygen atoms in total. The lowest BCUT2D eigenvalue weighted by atomic mass is 10.2. The average Bonchev–Trinajstić information content (AvgIpc) is 2.47. The second-order valence-electron chi connectivity index (χ2n) is 4.10. The van der Waals surface area contributed by atoms with Gasteiger partial charge in [-0.3, -0.25) is 0 Å². The molecule has 0 bridgehead atoms. The Morgan fingerprint density at radius 3 is 2.52 bits per heavy atom. The number of rotatable bonds is 3. The van der Waals surface area contributed by atoms with Gasteiger partial charge in [0.05, 0.1) is 11.4 Å². The van der Waals surface area contributed by atoms with Gasteiger partial charge in [0, 0.05) is 11.6 Å². The zero-order chi connectivity index (χ0) is 15.2. The van der Waals surface area contributed by atoms with Crippen molar-refractivity contribution in [2.24, 2.45) is 0 Å². The Hall–Kier alpha value is -2.12. The third kappa shape index (κ3) is 4.17. The molecule has 108 valence electrons. The van der Waals surface area contributed by atoms with Crippen molar-refractivity contribution >= 4 is 11.6 Å². The van der Waals surface area contributed by atoms with Gasteiger partial charge >= 0.3 is 0 Å². The molecule has 0 spiro atoms. The third-order valence-electron chi connectivity index (χ3n) is 2.63. The van der Waals surface area contributed by atoms with Crippen LogP contribution < -0.4 is 4.74 Å². The SMILES string of the molecule is Fc1ccc(F)c(COc2ccc(C#CCCl)c(F)c2)c1. The summed E-state index contributed by atoms with van der Waals surface area (Å²) in [5.74, 6) is 3.70. The van der Waals surface area contributed by atoms with Gasteiger partial charge in [0.25, 0.3) is 0 Å². The molecule has 2 rings (SSSR count). The first-order chi connectivity index (χ1) is 10.1. The van der Waals surface area contributed by atoms with Crippen LogP contribution in [0.2, 0.25) is 0 Å². The van der Waals surface area contributed by atoms with Crippen LogP contribution in [0.1, 0.15) is 11.1 Å². The minimum absolute atomic E-state index is 0.0569. The van der Waals surface area contributed by atoms with Crippen LogP contribution in [0.4, 0.5) is 13.2 Å². The van der Waals surface area contributed by atoms with E-state index < -0.39 is 17.5 Å². The number of ether oxygens (including phenoxy) is 1. The van der Waals surface area contributed by atoms with Gasteiger partial charge in [-0.05, 0) is 30.3 Å². The molecule has 0 radical (unpaired) electrons. The molecule has 5 heteroatoms. The molecule has 0 saturated heterocycles. The van der Waals surface area contributed by atoms with Crippen LogP contribution in [0.3, 0.4) is 0 Å². The molecule has 0 heterocycles. The van der Waals surface area contributed by atoms with Gasteiger partial charge in [0.15, 0.2) is 0 Å². The lowest BCUT2D eigenvalue weighted by molar-refractivity contribution is 0.297. The second-order valence-corrected chi connectivity index (χ2v) is 4.37. The molecular weight excluding hydrogens is 301 g/mol. The zero-order valence-corrected chi connectivity index (χ0v) is 11.6. The lowest BCUT2D eigenvalue weighted by Crippen LogP contribution is -2.00. The Morgan fingerprint density at radius 1 is 1.00 bits per heavy atom. The highest BCUT2D eigenvalue weighted by Crippen LogP contribution is 2.18. The number of benzene rings is 2. The van der Waals surface area contributed by atoms with Crippen molar-refractivity contribution in [2.45, 2.75) is 6.61 Å². The monoisotopic (exact) mass is 310 g/mol. The molecule has 0 fully saturated rings. The fourth-order valence-corrected chi connectivity index (χ4v) is 1.70. The van der Waals surface area contributed by atoms with Gasteiger partial charge in [0.2, 0.25) is 0 Å². The molecule has 0 saturated carbocycles. The Morgan fingerprint density at radius 2 is 1.81 bits per heavy atom. The number of hydrogen-bond acceptors (Lipinski definition) is 1. The summed E-state index contributed by atoms with van der Waals surface area (Å²) < 4.78 is 45.3. The molecule has 21 heavy (non-hydrogen) atoms. The van der Waals surface area contributed by atoms with Crippen molar-refractivity contribution in [1.29, 1.82) is 0 Å². The van der Waals surface area contributed by atoms with Crippen molar-refractivity contribution in [3.8, 4) is 17.6 Å².